The van der Waals surface area contributed by atoms with Crippen molar-refractivity contribution in [2.45, 2.75) is 78.7 Å². The molecule has 0 radical (unpaired) electrons. The van der Waals surface area contributed by atoms with E-state index in [2.05, 4.69) is 46.2 Å². The van der Waals surface area contributed by atoms with Crippen LogP contribution in [0.1, 0.15) is 72.6 Å². The van der Waals surface area contributed by atoms with Crippen molar-refractivity contribution in [1.29, 1.82) is 0 Å². The molecule has 0 N–H and O–H groups in total. The average Bonchev–Trinajstić information content (AvgIpc) is 2.38. The average molecular weight is 251 g/mol. The van der Waals surface area contributed by atoms with Crippen molar-refractivity contribution >= 4 is 0 Å². The number of unbranched alkanes of at least 4 members (excludes halogenated alkanes) is 3. The molecule has 0 saturated carbocycles. The van der Waals surface area contributed by atoms with Gasteiger partial charge in [-0.25, -0.2) is 0 Å². The van der Waals surface area contributed by atoms with E-state index in [0.717, 1.165) is 6.42 Å². The summed E-state index contributed by atoms with van der Waals surface area (Å²) in [5.74, 6) is 0. The molecule has 1 heteroatoms. The van der Waals surface area contributed by atoms with E-state index in [4.69, 9.17) is 0 Å². The summed E-state index contributed by atoms with van der Waals surface area (Å²) in [4.78, 5) is 2.43. The Balaban J connectivity index is 4.46. The van der Waals surface area contributed by atoms with Crippen molar-refractivity contribution in [2.24, 2.45) is 0 Å². The zero-order chi connectivity index (χ0) is 14.0. The van der Waals surface area contributed by atoms with Crippen LogP contribution in [0.25, 0.3) is 0 Å². The molecule has 0 heterocycles. The monoisotopic (exact) mass is 251 g/mol. The van der Waals surface area contributed by atoms with Crippen LogP contribution in [0, 0.1) is 0 Å². The predicted molar refractivity (Wildman–Crippen MR) is 83.8 cm³/mol. The SMILES string of the molecule is C=C/C(CCCC)=C(/C)N(C)C(C)CCCCC. The fraction of sp³-hybridized carbons (Fsp3) is 0.765. The summed E-state index contributed by atoms with van der Waals surface area (Å²) in [6, 6.07) is 0.633. The van der Waals surface area contributed by atoms with Gasteiger partial charge in [0.25, 0.3) is 0 Å². The van der Waals surface area contributed by atoms with Crippen LogP contribution in [0.4, 0.5) is 0 Å². The summed E-state index contributed by atoms with van der Waals surface area (Å²) >= 11 is 0. The Morgan fingerprint density at radius 2 is 1.78 bits per heavy atom. The Kier molecular flexibility index (Phi) is 9.82. The lowest BCUT2D eigenvalue weighted by molar-refractivity contribution is 0.298. The Morgan fingerprint density at radius 1 is 1.17 bits per heavy atom. The Labute approximate surface area is 115 Å². The smallest absolute Gasteiger partial charge is 0.0255 e. The summed E-state index contributed by atoms with van der Waals surface area (Å²) in [5, 5.41) is 0. The van der Waals surface area contributed by atoms with Gasteiger partial charge in [0.05, 0.1) is 0 Å². The molecule has 0 aromatic carbocycles. The van der Waals surface area contributed by atoms with E-state index >= 15 is 0 Å². The van der Waals surface area contributed by atoms with Gasteiger partial charge in [-0.2, -0.15) is 0 Å². The van der Waals surface area contributed by atoms with Gasteiger partial charge < -0.3 is 4.90 Å². The normalized spacial score (nSPS) is 14.1. The molecule has 1 unspecified atom stereocenters. The highest BCUT2D eigenvalue weighted by Crippen LogP contribution is 2.20. The molecule has 0 aromatic heterocycles. The third-order valence-corrected chi connectivity index (χ3v) is 3.93. The summed E-state index contributed by atoms with van der Waals surface area (Å²) in [6.45, 7) is 13.0. The second-order valence-electron chi connectivity index (χ2n) is 5.37. The first-order valence-electron chi connectivity index (χ1n) is 7.63. The fourth-order valence-corrected chi connectivity index (χ4v) is 2.24. The van der Waals surface area contributed by atoms with E-state index in [1.54, 1.807) is 0 Å². The van der Waals surface area contributed by atoms with Crippen molar-refractivity contribution in [2.75, 3.05) is 7.05 Å². The number of nitrogens with zero attached hydrogens (tertiary/aromatic N) is 1. The zero-order valence-electron chi connectivity index (χ0n) is 13.3. The molecule has 0 rings (SSSR count). The molecule has 0 aliphatic rings. The van der Waals surface area contributed by atoms with E-state index < -0.39 is 0 Å². The Morgan fingerprint density at radius 3 is 2.28 bits per heavy atom. The molecule has 0 amide bonds. The summed E-state index contributed by atoms with van der Waals surface area (Å²) in [6.07, 6.45) is 11.0. The van der Waals surface area contributed by atoms with Gasteiger partial charge in [0, 0.05) is 18.8 Å². The van der Waals surface area contributed by atoms with Crippen molar-refractivity contribution < 1.29 is 0 Å². The third-order valence-electron chi connectivity index (χ3n) is 3.93. The molecule has 0 aromatic rings. The predicted octanol–water partition coefficient (Wildman–Crippen LogP) is 5.54. The van der Waals surface area contributed by atoms with Gasteiger partial charge in [0.1, 0.15) is 0 Å². The van der Waals surface area contributed by atoms with E-state index in [9.17, 15) is 0 Å². The van der Waals surface area contributed by atoms with Crippen molar-refractivity contribution in [3.8, 4) is 0 Å². The standard InChI is InChI=1S/C17H33N/c1-7-10-12-13-15(4)18(6)16(5)17(9-3)14-11-8-2/h9,15H,3,7-8,10-14H2,1-2,4-6H3/b17-16+. The first-order chi connectivity index (χ1) is 8.58. The van der Waals surface area contributed by atoms with Crippen LogP contribution in [0.5, 0.6) is 0 Å². The second kappa shape index (κ2) is 10.2. The highest BCUT2D eigenvalue weighted by molar-refractivity contribution is 5.22. The molecule has 0 bridgehead atoms. The molecule has 0 aliphatic heterocycles. The lowest BCUT2D eigenvalue weighted by atomic mass is 10.0. The molecule has 0 aliphatic carbocycles. The van der Waals surface area contributed by atoms with E-state index in [1.807, 2.05) is 6.08 Å². The van der Waals surface area contributed by atoms with Gasteiger partial charge >= 0.3 is 0 Å². The summed E-state index contributed by atoms with van der Waals surface area (Å²) < 4.78 is 0. The second-order valence-corrected chi connectivity index (χ2v) is 5.37. The first-order valence-corrected chi connectivity index (χ1v) is 7.63. The first kappa shape index (κ1) is 17.3. The maximum absolute atomic E-state index is 3.97. The lowest BCUT2D eigenvalue weighted by Gasteiger charge is -2.29. The Bertz CT molecular complexity index is 252. The molecule has 1 nitrogen and oxygen atoms in total. The largest absolute Gasteiger partial charge is 0.375 e. The van der Waals surface area contributed by atoms with E-state index in [-0.39, 0.29) is 0 Å². The van der Waals surface area contributed by atoms with Crippen LogP contribution in [0.3, 0.4) is 0 Å². The highest BCUT2D eigenvalue weighted by Gasteiger charge is 2.11. The van der Waals surface area contributed by atoms with Crippen molar-refractivity contribution in [1.82, 2.24) is 4.90 Å². The molecular formula is C17H33N. The number of rotatable bonds is 10. The minimum atomic E-state index is 0.633. The molecule has 18 heavy (non-hydrogen) atoms. The van der Waals surface area contributed by atoms with Gasteiger partial charge in [-0.3, -0.25) is 0 Å². The molecule has 0 spiro atoms. The van der Waals surface area contributed by atoms with Gasteiger partial charge in [0.15, 0.2) is 0 Å². The maximum Gasteiger partial charge on any atom is 0.0255 e. The zero-order valence-corrected chi connectivity index (χ0v) is 13.3. The number of hydrogen-bond donors (Lipinski definition) is 0. The van der Waals surface area contributed by atoms with Crippen LogP contribution >= 0.6 is 0 Å². The lowest BCUT2D eigenvalue weighted by Crippen LogP contribution is -2.28. The van der Waals surface area contributed by atoms with Crippen molar-refractivity contribution in [3.05, 3.63) is 23.9 Å². The van der Waals surface area contributed by atoms with Crippen LogP contribution in [-0.4, -0.2) is 18.0 Å². The van der Waals surface area contributed by atoms with E-state index in [1.165, 1.54) is 49.8 Å². The fourth-order valence-electron chi connectivity index (χ4n) is 2.24. The third kappa shape index (κ3) is 6.28. The summed E-state index contributed by atoms with van der Waals surface area (Å²) in [7, 11) is 2.22. The minimum Gasteiger partial charge on any atom is -0.375 e. The molecule has 1 atom stereocenters. The minimum absolute atomic E-state index is 0.633. The van der Waals surface area contributed by atoms with Gasteiger partial charge in [-0.15, -0.1) is 0 Å². The highest BCUT2D eigenvalue weighted by atomic mass is 15.1. The Hall–Kier alpha value is -0.720. The maximum atomic E-state index is 3.97. The van der Waals surface area contributed by atoms with Crippen LogP contribution in [0.2, 0.25) is 0 Å². The quantitative estimate of drug-likeness (QED) is 0.364. The van der Waals surface area contributed by atoms with Crippen LogP contribution in [0.15, 0.2) is 23.9 Å². The van der Waals surface area contributed by atoms with E-state index in [0.29, 0.717) is 6.04 Å². The van der Waals surface area contributed by atoms with Gasteiger partial charge in [-0.05, 0) is 38.7 Å². The topological polar surface area (TPSA) is 3.24 Å². The number of allylic oxidation sites excluding steroid dienone is 3. The number of hydrogen-bond acceptors (Lipinski definition) is 1. The molecular weight excluding hydrogens is 218 g/mol. The van der Waals surface area contributed by atoms with Gasteiger partial charge in [-0.1, -0.05) is 52.2 Å². The van der Waals surface area contributed by atoms with Crippen LogP contribution in [-0.2, 0) is 0 Å². The van der Waals surface area contributed by atoms with Crippen molar-refractivity contribution in [3.63, 3.8) is 0 Å². The molecule has 0 fully saturated rings. The summed E-state index contributed by atoms with van der Waals surface area (Å²) in [5.41, 5.74) is 2.82. The van der Waals surface area contributed by atoms with Gasteiger partial charge in [0.2, 0.25) is 0 Å². The van der Waals surface area contributed by atoms with Crippen LogP contribution < -0.4 is 0 Å². The molecule has 106 valence electrons. The molecule has 0 saturated heterocycles.